The van der Waals surface area contributed by atoms with E-state index in [1.54, 1.807) is 24.4 Å². The number of carbonyl (C=O) groups excluding carboxylic acids is 2. The number of pyridine rings is 1. The highest BCUT2D eigenvalue weighted by Gasteiger charge is 2.25. The average Bonchev–Trinajstić information content (AvgIpc) is 3.40. The van der Waals surface area contributed by atoms with E-state index in [9.17, 15) is 9.59 Å². The molecule has 170 valence electrons. The summed E-state index contributed by atoms with van der Waals surface area (Å²) in [6.07, 6.45) is 3.13. The normalized spacial score (nSPS) is 11.1. The summed E-state index contributed by atoms with van der Waals surface area (Å²) in [6, 6.07) is 6.40. The van der Waals surface area contributed by atoms with E-state index in [4.69, 9.17) is 16.3 Å². The van der Waals surface area contributed by atoms with Gasteiger partial charge in [0.15, 0.2) is 5.82 Å². The molecule has 0 aliphatic heterocycles. The van der Waals surface area contributed by atoms with E-state index in [0.717, 1.165) is 0 Å². The van der Waals surface area contributed by atoms with Crippen LogP contribution in [0.15, 0.2) is 41.1 Å². The second kappa shape index (κ2) is 9.20. The first-order valence-corrected chi connectivity index (χ1v) is 11.0. The molecule has 4 aromatic rings. The number of methoxy groups -OCH3 is 1. The zero-order valence-electron chi connectivity index (χ0n) is 17.8. The SMILES string of the molecule is COc1cc(C(=O)Nc2c(Br)cc3cn[nH]c3c2C(=O)NC(C)C)n(-c2ncccc2Cl)n1. The van der Waals surface area contributed by atoms with Crippen molar-refractivity contribution in [1.82, 2.24) is 30.3 Å². The van der Waals surface area contributed by atoms with Gasteiger partial charge in [0.05, 0.1) is 35.1 Å². The number of halogens is 2. The Hall–Kier alpha value is -3.44. The summed E-state index contributed by atoms with van der Waals surface area (Å²) < 4.78 is 7.00. The first-order chi connectivity index (χ1) is 15.8. The molecule has 0 spiro atoms. The van der Waals surface area contributed by atoms with Crippen LogP contribution in [0.2, 0.25) is 5.02 Å². The van der Waals surface area contributed by atoms with Crippen molar-refractivity contribution in [3.8, 4) is 11.7 Å². The van der Waals surface area contributed by atoms with Crippen molar-refractivity contribution < 1.29 is 14.3 Å². The number of aromatic nitrogens is 5. The highest BCUT2D eigenvalue weighted by atomic mass is 79.9. The molecule has 3 N–H and O–H groups in total. The summed E-state index contributed by atoms with van der Waals surface area (Å²) in [5, 5.41) is 17.8. The Labute approximate surface area is 201 Å². The number of nitrogens with zero attached hydrogens (tertiary/aromatic N) is 4. The predicted molar refractivity (Wildman–Crippen MR) is 127 cm³/mol. The Kier molecular flexibility index (Phi) is 6.34. The fraction of sp³-hybridized carbons (Fsp3) is 0.190. The predicted octanol–water partition coefficient (Wildman–Crippen LogP) is 3.96. The summed E-state index contributed by atoms with van der Waals surface area (Å²) in [6.45, 7) is 3.69. The molecule has 0 fully saturated rings. The van der Waals surface area contributed by atoms with Gasteiger partial charge in [-0.25, -0.2) is 9.67 Å². The molecular formula is C21H19BrClN7O3. The van der Waals surface area contributed by atoms with Crippen LogP contribution >= 0.6 is 27.5 Å². The van der Waals surface area contributed by atoms with Crippen LogP contribution in [-0.4, -0.2) is 49.9 Å². The molecule has 2 amide bonds. The molecule has 0 bridgehead atoms. The number of benzene rings is 1. The zero-order chi connectivity index (χ0) is 23.7. The third kappa shape index (κ3) is 4.41. The number of H-pyrrole nitrogens is 1. The maximum absolute atomic E-state index is 13.4. The molecule has 0 saturated carbocycles. The Morgan fingerprint density at radius 2 is 2.06 bits per heavy atom. The van der Waals surface area contributed by atoms with Gasteiger partial charge in [-0.15, -0.1) is 5.10 Å². The van der Waals surface area contributed by atoms with E-state index >= 15 is 0 Å². The fourth-order valence-electron chi connectivity index (χ4n) is 3.23. The first kappa shape index (κ1) is 22.7. The molecular weight excluding hydrogens is 514 g/mol. The number of carbonyl (C=O) groups is 2. The van der Waals surface area contributed by atoms with Gasteiger partial charge in [0.25, 0.3) is 11.8 Å². The molecule has 1 aromatic carbocycles. The molecule has 0 aliphatic rings. The minimum Gasteiger partial charge on any atom is -0.480 e. The number of amides is 2. The largest absolute Gasteiger partial charge is 0.480 e. The zero-order valence-corrected chi connectivity index (χ0v) is 20.2. The minimum absolute atomic E-state index is 0.110. The van der Waals surface area contributed by atoms with Crippen molar-refractivity contribution in [2.45, 2.75) is 19.9 Å². The molecule has 4 rings (SSSR count). The van der Waals surface area contributed by atoms with Crippen molar-refractivity contribution in [3.05, 3.63) is 57.4 Å². The van der Waals surface area contributed by atoms with Crippen LogP contribution in [0.3, 0.4) is 0 Å². The van der Waals surface area contributed by atoms with E-state index in [2.05, 4.69) is 46.8 Å². The Balaban J connectivity index is 1.81. The van der Waals surface area contributed by atoms with Crippen molar-refractivity contribution in [2.24, 2.45) is 0 Å². The average molecular weight is 533 g/mol. The summed E-state index contributed by atoms with van der Waals surface area (Å²) >= 11 is 9.74. The first-order valence-electron chi connectivity index (χ1n) is 9.83. The van der Waals surface area contributed by atoms with Crippen LogP contribution in [0.1, 0.15) is 34.7 Å². The van der Waals surface area contributed by atoms with Crippen LogP contribution in [0.25, 0.3) is 16.7 Å². The molecule has 10 nitrogen and oxygen atoms in total. The quantitative estimate of drug-likeness (QED) is 0.345. The van der Waals surface area contributed by atoms with Gasteiger partial charge in [-0.3, -0.25) is 14.7 Å². The Morgan fingerprint density at radius 3 is 2.76 bits per heavy atom. The lowest BCUT2D eigenvalue weighted by molar-refractivity contribution is 0.0945. The molecule has 0 aliphatic carbocycles. The fourth-order valence-corrected chi connectivity index (χ4v) is 3.98. The standard InChI is InChI=1S/C21H19BrClN7O3/c1-10(2)26-21(32)16-17-11(9-25-28-17)7-12(22)18(16)27-20(31)14-8-15(33-3)29-30(14)19-13(23)5-4-6-24-19/h4-10H,1-3H3,(H,25,28)(H,26,32)(H,27,31). The van der Waals surface area contributed by atoms with Crippen molar-refractivity contribution in [1.29, 1.82) is 0 Å². The summed E-state index contributed by atoms with van der Waals surface area (Å²) in [7, 11) is 1.44. The van der Waals surface area contributed by atoms with E-state index in [0.29, 0.717) is 20.4 Å². The van der Waals surface area contributed by atoms with Gasteiger partial charge in [0.1, 0.15) is 5.69 Å². The molecule has 0 radical (unpaired) electrons. The summed E-state index contributed by atoms with van der Waals surface area (Å²) in [5.41, 5.74) is 1.12. The van der Waals surface area contributed by atoms with Crippen LogP contribution in [0.5, 0.6) is 5.88 Å². The molecule has 0 atom stereocenters. The van der Waals surface area contributed by atoms with Crippen molar-refractivity contribution >= 4 is 55.9 Å². The van der Waals surface area contributed by atoms with E-state index in [-0.39, 0.29) is 40.6 Å². The van der Waals surface area contributed by atoms with Gasteiger partial charge in [0, 0.05) is 28.2 Å². The highest BCUT2D eigenvalue weighted by molar-refractivity contribution is 9.10. The van der Waals surface area contributed by atoms with Crippen LogP contribution < -0.4 is 15.4 Å². The lowest BCUT2D eigenvalue weighted by atomic mass is 10.1. The van der Waals surface area contributed by atoms with Gasteiger partial charge in [0.2, 0.25) is 5.88 Å². The third-order valence-electron chi connectivity index (χ3n) is 4.64. The number of nitrogens with one attached hydrogen (secondary N) is 3. The van der Waals surface area contributed by atoms with E-state index in [1.807, 2.05) is 13.8 Å². The molecule has 12 heteroatoms. The van der Waals surface area contributed by atoms with E-state index in [1.165, 1.54) is 24.1 Å². The number of fused-ring (bicyclic) bond motifs is 1. The van der Waals surface area contributed by atoms with Gasteiger partial charge in [-0.1, -0.05) is 11.6 Å². The number of hydrogen-bond acceptors (Lipinski definition) is 6. The highest BCUT2D eigenvalue weighted by Crippen LogP contribution is 2.34. The van der Waals surface area contributed by atoms with Crippen LogP contribution in [0, 0.1) is 0 Å². The van der Waals surface area contributed by atoms with Crippen molar-refractivity contribution in [3.63, 3.8) is 0 Å². The second-order valence-corrected chi connectivity index (χ2v) is 8.58. The van der Waals surface area contributed by atoms with Gasteiger partial charge < -0.3 is 15.4 Å². The smallest absolute Gasteiger partial charge is 0.274 e. The number of hydrogen-bond donors (Lipinski definition) is 3. The number of anilines is 1. The molecule has 33 heavy (non-hydrogen) atoms. The maximum atomic E-state index is 13.4. The van der Waals surface area contributed by atoms with Crippen LogP contribution in [0.4, 0.5) is 5.69 Å². The number of ether oxygens (including phenoxy) is 1. The maximum Gasteiger partial charge on any atom is 0.274 e. The van der Waals surface area contributed by atoms with E-state index < -0.39 is 5.91 Å². The number of rotatable bonds is 6. The minimum atomic E-state index is -0.550. The lowest BCUT2D eigenvalue weighted by Crippen LogP contribution is -2.31. The monoisotopic (exact) mass is 531 g/mol. The molecule has 0 unspecified atom stereocenters. The third-order valence-corrected chi connectivity index (χ3v) is 5.56. The van der Waals surface area contributed by atoms with Gasteiger partial charge in [-0.05, 0) is 48.0 Å². The second-order valence-electron chi connectivity index (χ2n) is 7.32. The lowest BCUT2D eigenvalue weighted by Gasteiger charge is -2.16. The van der Waals surface area contributed by atoms with Gasteiger partial charge >= 0.3 is 0 Å². The van der Waals surface area contributed by atoms with Crippen LogP contribution in [-0.2, 0) is 0 Å². The Bertz CT molecular complexity index is 1370. The molecule has 3 aromatic heterocycles. The molecule has 0 saturated heterocycles. The van der Waals surface area contributed by atoms with Crippen molar-refractivity contribution in [2.75, 3.05) is 12.4 Å². The van der Waals surface area contributed by atoms with Gasteiger partial charge in [-0.2, -0.15) is 5.10 Å². The topological polar surface area (TPSA) is 127 Å². The Morgan fingerprint density at radius 1 is 1.27 bits per heavy atom. The summed E-state index contributed by atoms with van der Waals surface area (Å²) in [5.74, 6) is -0.461. The number of aromatic amines is 1. The molecule has 3 heterocycles. The summed E-state index contributed by atoms with van der Waals surface area (Å²) in [4.78, 5) is 30.7.